The standard InChI is InChI=1S/C27H29FN2O5/c1-4-22(35-23-12-8-6-10-20(23)28)27(32)30-21-11-7-5-9-19(21)26(31)29-16-15-18-13-14-24(33-2)25(17-18)34-3/h5-14,17,22H,4,15-16H2,1-3H3,(H,29,31)(H,30,32)/t22-/m0/s1. The van der Waals surface area contributed by atoms with Gasteiger partial charge in [0.15, 0.2) is 29.2 Å². The third-order valence-electron chi connectivity index (χ3n) is 5.35. The minimum Gasteiger partial charge on any atom is -0.493 e. The number of ether oxygens (including phenoxy) is 3. The number of hydrogen-bond donors (Lipinski definition) is 2. The zero-order chi connectivity index (χ0) is 25.2. The summed E-state index contributed by atoms with van der Waals surface area (Å²) in [6.45, 7) is 2.14. The molecule has 0 heterocycles. The van der Waals surface area contributed by atoms with Crippen LogP contribution in [0.5, 0.6) is 17.2 Å². The molecule has 0 radical (unpaired) electrons. The van der Waals surface area contributed by atoms with E-state index in [1.165, 1.54) is 12.1 Å². The van der Waals surface area contributed by atoms with Gasteiger partial charge in [-0.3, -0.25) is 9.59 Å². The van der Waals surface area contributed by atoms with E-state index in [-0.39, 0.29) is 11.7 Å². The summed E-state index contributed by atoms with van der Waals surface area (Å²) in [7, 11) is 3.14. The van der Waals surface area contributed by atoms with Crippen LogP contribution in [0.25, 0.3) is 0 Å². The molecular weight excluding hydrogens is 451 g/mol. The first kappa shape index (κ1) is 25.6. The van der Waals surface area contributed by atoms with Crippen LogP contribution < -0.4 is 24.8 Å². The summed E-state index contributed by atoms with van der Waals surface area (Å²) in [5.41, 5.74) is 1.63. The molecule has 0 saturated heterocycles. The summed E-state index contributed by atoms with van der Waals surface area (Å²) in [5, 5.41) is 5.61. The van der Waals surface area contributed by atoms with Gasteiger partial charge in [0, 0.05) is 6.54 Å². The Labute approximate surface area is 204 Å². The number of hydrogen-bond acceptors (Lipinski definition) is 5. The third kappa shape index (κ3) is 6.72. The molecule has 35 heavy (non-hydrogen) atoms. The molecule has 7 nitrogen and oxygen atoms in total. The van der Waals surface area contributed by atoms with Crippen molar-refractivity contribution in [2.75, 3.05) is 26.1 Å². The fourth-order valence-corrected chi connectivity index (χ4v) is 3.47. The lowest BCUT2D eigenvalue weighted by molar-refractivity contribution is -0.122. The molecule has 0 fully saturated rings. The first-order valence-corrected chi connectivity index (χ1v) is 11.3. The van der Waals surface area contributed by atoms with Gasteiger partial charge >= 0.3 is 0 Å². The van der Waals surface area contributed by atoms with Gasteiger partial charge < -0.3 is 24.8 Å². The smallest absolute Gasteiger partial charge is 0.265 e. The van der Waals surface area contributed by atoms with Crippen LogP contribution >= 0.6 is 0 Å². The lowest BCUT2D eigenvalue weighted by Gasteiger charge is -2.19. The molecule has 0 aliphatic carbocycles. The Morgan fingerprint density at radius 2 is 1.63 bits per heavy atom. The maximum Gasteiger partial charge on any atom is 0.265 e. The second-order valence-corrected chi connectivity index (χ2v) is 7.68. The molecule has 8 heteroatoms. The van der Waals surface area contributed by atoms with Gasteiger partial charge in [0.2, 0.25) is 0 Å². The minimum absolute atomic E-state index is 0.00399. The van der Waals surface area contributed by atoms with Crippen molar-refractivity contribution in [2.45, 2.75) is 25.9 Å². The summed E-state index contributed by atoms with van der Waals surface area (Å²) in [6, 6.07) is 18.2. The van der Waals surface area contributed by atoms with E-state index in [1.54, 1.807) is 57.5 Å². The second kappa shape index (κ2) is 12.4. The molecule has 0 unspecified atom stereocenters. The predicted octanol–water partition coefficient (Wildman–Crippen LogP) is 4.61. The van der Waals surface area contributed by atoms with Crippen LogP contribution in [-0.2, 0) is 11.2 Å². The quantitative estimate of drug-likeness (QED) is 0.419. The van der Waals surface area contributed by atoms with Crippen LogP contribution in [0.1, 0.15) is 29.3 Å². The average Bonchev–Trinajstić information content (AvgIpc) is 2.88. The zero-order valence-electron chi connectivity index (χ0n) is 20.0. The fourth-order valence-electron chi connectivity index (χ4n) is 3.47. The predicted molar refractivity (Wildman–Crippen MR) is 132 cm³/mol. The van der Waals surface area contributed by atoms with E-state index in [2.05, 4.69) is 10.6 Å². The van der Waals surface area contributed by atoms with Gasteiger partial charge in [-0.05, 0) is 54.8 Å². The van der Waals surface area contributed by atoms with Gasteiger partial charge in [0.05, 0.1) is 25.5 Å². The highest BCUT2D eigenvalue weighted by Gasteiger charge is 2.22. The lowest BCUT2D eigenvalue weighted by atomic mass is 10.1. The monoisotopic (exact) mass is 480 g/mol. The number of methoxy groups -OCH3 is 2. The number of carbonyl (C=O) groups is 2. The van der Waals surface area contributed by atoms with Gasteiger partial charge in [-0.15, -0.1) is 0 Å². The molecule has 2 amide bonds. The number of benzene rings is 3. The highest BCUT2D eigenvalue weighted by Crippen LogP contribution is 2.27. The Hall–Kier alpha value is -4.07. The maximum atomic E-state index is 13.9. The number of anilines is 1. The van der Waals surface area contributed by atoms with Gasteiger partial charge in [-0.1, -0.05) is 37.3 Å². The van der Waals surface area contributed by atoms with Crippen molar-refractivity contribution in [3.8, 4) is 17.2 Å². The van der Waals surface area contributed by atoms with E-state index >= 15 is 0 Å². The van der Waals surface area contributed by atoms with E-state index in [9.17, 15) is 14.0 Å². The number of nitrogens with one attached hydrogen (secondary N) is 2. The molecular formula is C27H29FN2O5. The molecule has 184 valence electrons. The molecule has 1 atom stereocenters. The largest absolute Gasteiger partial charge is 0.493 e. The van der Waals surface area contributed by atoms with Crippen molar-refractivity contribution in [3.05, 3.63) is 83.7 Å². The summed E-state index contributed by atoms with van der Waals surface area (Å²) in [5.74, 6) is -0.101. The van der Waals surface area contributed by atoms with Gasteiger partial charge in [0.25, 0.3) is 11.8 Å². The van der Waals surface area contributed by atoms with Crippen molar-refractivity contribution in [1.82, 2.24) is 5.32 Å². The molecule has 3 aromatic carbocycles. The number of amides is 2. The first-order chi connectivity index (χ1) is 17.0. The van der Waals surface area contributed by atoms with E-state index < -0.39 is 17.8 Å². The van der Waals surface area contributed by atoms with Crippen LogP contribution in [0.2, 0.25) is 0 Å². The van der Waals surface area contributed by atoms with Gasteiger partial charge in [-0.25, -0.2) is 4.39 Å². The van der Waals surface area contributed by atoms with Crippen molar-refractivity contribution < 1.29 is 28.2 Å². The molecule has 0 aromatic heterocycles. The minimum atomic E-state index is -0.923. The van der Waals surface area contributed by atoms with Crippen LogP contribution in [0.3, 0.4) is 0 Å². The van der Waals surface area contributed by atoms with E-state index in [1.807, 2.05) is 18.2 Å². The van der Waals surface area contributed by atoms with Crippen molar-refractivity contribution in [1.29, 1.82) is 0 Å². The Bertz CT molecular complexity index is 1170. The summed E-state index contributed by atoms with van der Waals surface area (Å²) in [4.78, 5) is 25.7. The van der Waals surface area contributed by atoms with Crippen LogP contribution in [0.15, 0.2) is 66.7 Å². The van der Waals surface area contributed by atoms with Crippen molar-refractivity contribution >= 4 is 17.5 Å². The van der Waals surface area contributed by atoms with Crippen molar-refractivity contribution in [2.24, 2.45) is 0 Å². The molecule has 2 N–H and O–H groups in total. The Morgan fingerprint density at radius 1 is 0.914 bits per heavy atom. The zero-order valence-corrected chi connectivity index (χ0v) is 20.0. The second-order valence-electron chi connectivity index (χ2n) is 7.68. The summed E-state index contributed by atoms with van der Waals surface area (Å²) < 4.78 is 30.1. The number of halogens is 1. The highest BCUT2D eigenvalue weighted by atomic mass is 19.1. The van der Waals surface area contributed by atoms with Crippen LogP contribution in [0, 0.1) is 5.82 Å². The molecule has 0 saturated carbocycles. The Kier molecular flexibility index (Phi) is 9.06. The number of carbonyl (C=O) groups excluding carboxylic acids is 2. The first-order valence-electron chi connectivity index (χ1n) is 11.3. The molecule has 3 aromatic rings. The van der Waals surface area contributed by atoms with Crippen LogP contribution in [-0.4, -0.2) is 38.7 Å². The number of para-hydroxylation sites is 2. The molecule has 0 aliphatic heterocycles. The maximum absolute atomic E-state index is 13.9. The fraction of sp³-hybridized carbons (Fsp3) is 0.259. The van der Waals surface area contributed by atoms with Gasteiger partial charge in [-0.2, -0.15) is 0 Å². The van der Waals surface area contributed by atoms with Crippen molar-refractivity contribution in [3.63, 3.8) is 0 Å². The molecule has 0 bridgehead atoms. The number of rotatable bonds is 11. The van der Waals surface area contributed by atoms with Crippen LogP contribution in [0.4, 0.5) is 10.1 Å². The Balaban J connectivity index is 1.63. The normalized spacial score (nSPS) is 11.3. The summed E-state index contributed by atoms with van der Waals surface area (Å²) in [6.07, 6.45) is -0.0254. The highest BCUT2D eigenvalue weighted by molar-refractivity contribution is 6.04. The average molecular weight is 481 g/mol. The van der Waals surface area contributed by atoms with Gasteiger partial charge in [0.1, 0.15) is 0 Å². The Morgan fingerprint density at radius 3 is 2.34 bits per heavy atom. The van der Waals surface area contributed by atoms with E-state index in [4.69, 9.17) is 14.2 Å². The topological polar surface area (TPSA) is 85.9 Å². The van der Waals surface area contributed by atoms with E-state index in [0.29, 0.717) is 42.1 Å². The molecule has 3 rings (SSSR count). The third-order valence-corrected chi connectivity index (χ3v) is 5.35. The van der Waals surface area contributed by atoms with E-state index in [0.717, 1.165) is 5.56 Å². The summed E-state index contributed by atoms with van der Waals surface area (Å²) >= 11 is 0. The lowest BCUT2D eigenvalue weighted by Crippen LogP contribution is -2.34. The SMILES string of the molecule is CC[C@H](Oc1ccccc1F)C(=O)Nc1ccccc1C(=O)NCCc1ccc(OC)c(OC)c1. The molecule has 0 aliphatic rings. The molecule has 0 spiro atoms.